The summed E-state index contributed by atoms with van der Waals surface area (Å²) in [5.74, 6) is 0. The summed E-state index contributed by atoms with van der Waals surface area (Å²) in [6.07, 6.45) is 1.75. The van der Waals surface area contributed by atoms with Gasteiger partial charge in [-0.15, -0.1) is 0 Å². The molecule has 0 aromatic rings. The Hall–Kier alpha value is -0.610. The van der Waals surface area contributed by atoms with Crippen molar-refractivity contribution in [2.24, 2.45) is 0 Å². The Morgan fingerprint density at radius 2 is 2.20 bits per heavy atom. The predicted molar refractivity (Wildman–Crippen MR) is 34.8 cm³/mol. The zero-order valence-corrected chi connectivity index (χ0v) is 5.69. The topological polar surface area (TPSA) is 66.8 Å². The molecule has 4 nitrogen and oxygen atoms in total. The highest BCUT2D eigenvalue weighted by atomic mass is 16.5. The number of carboxylic acid groups (broad SMARTS) is 1. The van der Waals surface area contributed by atoms with Crippen molar-refractivity contribution in [2.45, 2.75) is 18.9 Å². The zero-order valence-electron chi connectivity index (χ0n) is 5.69. The number of ether oxygens (including phenoxy) is 1. The van der Waals surface area contributed by atoms with Gasteiger partial charge in [0.1, 0.15) is 0 Å². The molecule has 60 valence electrons. The summed E-state index contributed by atoms with van der Waals surface area (Å²) in [5.41, 5.74) is 0. The Morgan fingerprint density at radius 3 is 2.40 bits per heavy atom. The minimum Gasteiger partial charge on any atom is -0.483 e. The monoisotopic (exact) mass is 148 g/mol. The van der Waals surface area contributed by atoms with Gasteiger partial charge in [0, 0.05) is 6.61 Å². The molecule has 1 heterocycles. The van der Waals surface area contributed by atoms with Gasteiger partial charge in [-0.2, -0.15) is 0 Å². The Bertz CT molecular complexity index is 77.8. The van der Waals surface area contributed by atoms with Crippen LogP contribution < -0.4 is 0 Å². The van der Waals surface area contributed by atoms with Crippen molar-refractivity contribution >= 4 is 6.47 Å². The average molecular weight is 148 g/mol. The van der Waals surface area contributed by atoms with Crippen LogP contribution in [0.1, 0.15) is 12.8 Å². The van der Waals surface area contributed by atoms with Crippen molar-refractivity contribution in [3.63, 3.8) is 0 Å². The van der Waals surface area contributed by atoms with E-state index in [-0.39, 0.29) is 12.6 Å². The van der Waals surface area contributed by atoms with Crippen LogP contribution in [0.3, 0.4) is 0 Å². The molecule has 0 spiro atoms. The molecule has 0 aromatic carbocycles. The molecule has 1 fully saturated rings. The lowest BCUT2D eigenvalue weighted by Gasteiger charge is -2.15. The maximum Gasteiger partial charge on any atom is 0.290 e. The van der Waals surface area contributed by atoms with Gasteiger partial charge in [0.15, 0.2) is 0 Å². The molecule has 10 heavy (non-hydrogen) atoms. The quantitative estimate of drug-likeness (QED) is 0.469. The molecule has 0 aliphatic carbocycles. The van der Waals surface area contributed by atoms with Gasteiger partial charge in [-0.25, -0.2) is 0 Å². The highest BCUT2D eigenvalue weighted by molar-refractivity contribution is 5.32. The maximum absolute atomic E-state index is 8.78. The minimum absolute atomic E-state index is 0.186. The molecule has 1 atom stereocenters. The van der Waals surface area contributed by atoms with Crippen LogP contribution in [0.2, 0.25) is 0 Å². The molecule has 0 saturated carbocycles. The van der Waals surface area contributed by atoms with E-state index >= 15 is 0 Å². The minimum atomic E-state index is -0.250. The number of rotatable bonds is 0. The van der Waals surface area contributed by atoms with Crippen LogP contribution in [-0.4, -0.2) is 36.0 Å². The third-order valence-corrected chi connectivity index (χ3v) is 1.14. The van der Waals surface area contributed by atoms with E-state index in [1.807, 2.05) is 0 Å². The lowest BCUT2D eigenvalue weighted by Crippen LogP contribution is -2.21. The molecular weight excluding hydrogens is 136 g/mol. The van der Waals surface area contributed by atoms with Crippen LogP contribution in [0.4, 0.5) is 0 Å². The van der Waals surface area contributed by atoms with E-state index in [1.165, 1.54) is 0 Å². The Labute approximate surface area is 59.4 Å². The summed E-state index contributed by atoms with van der Waals surface area (Å²) < 4.78 is 4.93. The first-order valence-corrected chi connectivity index (χ1v) is 3.15. The van der Waals surface area contributed by atoms with Crippen molar-refractivity contribution in [3.05, 3.63) is 0 Å². The highest BCUT2D eigenvalue weighted by Gasteiger charge is 2.07. The van der Waals surface area contributed by atoms with E-state index in [2.05, 4.69) is 0 Å². The fraction of sp³-hybridized carbons (Fsp3) is 0.833. The van der Waals surface area contributed by atoms with E-state index < -0.39 is 0 Å². The standard InChI is InChI=1S/C5H10O2.CH2O2/c6-5-2-1-3-7-4-5;2-1-3/h5-6H,1-4H2;1H,(H,2,3)/t5-;/m0./s1. The molecular formula is C6H12O4. The fourth-order valence-corrected chi connectivity index (χ4v) is 0.724. The summed E-state index contributed by atoms with van der Waals surface area (Å²) in [6.45, 7) is 1.12. The fourth-order valence-electron chi connectivity index (χ4n) is 0.724. The second-order valence-corrected chi connectivity index (χ2v) is 1.98. The zero-order chi connectivity index (χ0) is 7.82. The van der Waals surface area contributed by atoms with E-state index in [9.17, 15) is 0 Å². The normalized spacial score (nSPS) is 24.3. The molecule has 1 saturated heterocycles. The SMILES string of the molecule is O=CO.O[C@H]1CCCOC1. The summed E-state index contributed by atoms with van der Waals surface area (Å²) in [4.78, 5) is 8.36. The van der Waals surface area contributed by atoms with Crippen LogP contribution in [0.25, 0.3) is 0 Å². The Balaban J connectivity index is 0.000000236. The second-order valence-electron chi connectivity index (χ2n) is 1.98. The van der Waals surface area contributed by atoms with Crippen LogP contribution >= 0.6 is 0 Å². The summed E-state index contributed by atoms with van der Waals surface area (Å²) >= 11 is 0. The van der Waals surface area contributed by atoms with Crippen LogP contribution in [0.15, 0.2) is 0 Å². The highest BCUT2D eigenvalue weighted by Crippen LogP contribution is 2.03. The van der Waals surface area contributed by atoms with Crippen LogP contribution in [0, 0.1) is 0 Å². The summed E-state index contributed by atoms with van der Waals surface area (Å²) in [7, 11) is 0. The molecule has 1 rings (SSSR count). The summed E-state index contributed by atoms with van der Waals surface area (Å²) in [5, 5.41) is 15.7. The van der Waals surface area contributed by atoms with E-state index in [4.69, 9.17) is 19.7 Å². The predicted octanol–water partition coefficient (Wildman–Crippen LogP) is -0.141. The largest absolute Gasteiger partial charge is 0.483 e. The molecule has 0 unspecified atom stereocenters. The van der Waals surface area contributed by atoms with Crippen molar-refractivity contribution in [1.82, 2.24) is 0 Å². The second kappa shape index (κ2) is 6.51. The van der Waals surface area contributed by atoms with Crippen LogP contribution in [0.5, 0.6) is 0 Å². The average Bonchev–Trinajstić information content (AvgIpc) is 1.91. The molecule has 0 amide bonds. The van der Waals surface area contributed by atoms with Gasteiger partial charge < -0.3 is 14.9 Å². The van der Waals surface area contributed by atoms with Crippen molar-refractivity contribution in [1.29, 1.82) is 0 Å². The van der Waals surface area contributed by atoms with Gasteiger partial charge in [0.2, 0.25) is 0 Å². The third-order valence-electron chi connectivity index (χ3n) is 1.14. The lowest BCUT2D eigenvalue weighted by molar-refractivity contribution is -0.122. The first-order chi connectivity index (χ1) is 4.81. The first kappa shape index (κ1) is 9.39. The molecule has 2 N–H and O–H groups in total. The first-order valence-electron chi connectivity index (χ1n) is 3.15. The molecule has 1 aliphatic rings. The molecule has 0 radical (unpaired) electrons. The van der Waals surface area contributed by atoms with Gasteiger partial charge in [-0.05, 0) is 12.8 Å². The molecule has 4 heteroatoms. The number of hydrogen-bond donors (Lipinski definition) is 2. The van der Waals surface area contributed by atoms with Crippen molar-refractivity contribution in [2.75, 3.05) is 13.2 Å². The van der Waals surface area contributed by atoms with Crippen molar-refractivity contribution in [3.8, 4) is 0 Å². The van der Waals surface area contributed by atoms with E-state index in [0.29, 0.717) is 6.61 Å². The van der Waals surface area contributed by atoms with E-state index in [1.54, 1.807) is 0 Å². The smallest absolute Gasteiger partial charge is 0.290 e. The number of hydrogen-bond acceptors (Lipinski definition) is 3. The van der Waals surface area contributed by atoms with E-state index in [0.717, 1.165) is 19.4 Å². The maximum atomic E-state index is 8.78. The third kappa shape index (κ3) is 5.53. The number of carbonyl (C=O) groups is 1. The Kier molecular flexibility index (Phi) is 6.11. The number of aliphatic hydroxyl groups is 1. The van der Waals surface area contributed by atoms with Gasteiger partial charge in [-0.3, -0.25) is 4.79 Å². The van der Waals surface area contributed by atoms with Crippen molar-refractivity contribution < 1.29 is 19.7 Å². The Morgan fingerprint density at radius 1 is 1.60 bits per heavy atom. The lowest BCUT2D eigenvalue weighted by atomic mass is 10.2. The van der Waals surface area contributed by atoms with Gasteiger partial charge in [0.25, 0.3) is 6.47 Å². The van der Waals surface area contributed by atoms with Gasteiger partial charge in [-0.1, -0.05) is 0 Å². The molecule has 1 aliphatic heterocycles. The number of aliphatic hydroxyl groups excluding tert-OH is 1. The molecule has 0 bridgehead atoms. The van der Waals surface area contributed by atoms with Crippen LogP contribution in [-0.2, 0) is 9.53 Å². The van der Waals surface area contributed by atoms with Gasteiger partial charge in [0.05, 0.1) is 12.7 Å². The molecule has 0 aromatic heterocycles. The summed E-state index contributed by atoms with van der Waals surface area (Å²) in [6, 6.07) is 0. The van der Waals surface area contributed by atoms with Gasteiger partial charge >= 0.3 is 0 Å².